The molecule has 116 valence electrons. The van der Waals surface area contributed by atoms with Crippen LogP contribution in [0.15, 0.2) is 28.3 Å². The predicted octanol–water partition coefficient (Wildman–Crippen LogP) is -0.535. The molecule has 9 heteroatoms. The van der Waals surface area contributed by atoms with Gasteiger partial charge in [-0.15, -0.1) is 16.8 Å². The highest BCUT2D eigenvalue weighted by molar-refractivity contribution is 7.90. The fourth-order valence-corrected chi connectivity index (χ4v) is 3.51. The van der Waals surface area contributed by atoms with E-state index >= 15 is 0 Å². The van der Waals surface area contributed by atoms with E-state index in [9.17, 15) is 13.2 Å². The molecule has 2 N–H and O–H groups in total. The van der Waals surface area contributed by atoms with Gasteiger partial charge in [-0.3, -0.25) is 4.79 Å². The van der Waals surface area contributed by atoms with Gasteiger partial charge in [-0.2, -0.15) is 0 Å². The first kappa shape index (κ1) is 16.0. The van der Waals surface area contributed by atoms with Gasteiger partial charge in [0.2, 0.25) is 0 Å². The quantitative estimate of drug-likeness (QED) is 0.696. The van der Waals surface area contributed by atoms with Crippen LogP contribution in [0.2, 0.25) is 0 Å². The molecule has 0 bridgehead atoms. The van der Waals surface area contributed by atoms with E-state index in [1.807, 2.05) is 0 Å². The van der Waals surface area contributed by atoms with Gasteiger partial charge in [0.15, 0.2) is 5.84 Å². The fraction of sp³-hybridized carbons (Fsp3) is 0.500. The van der Waals surface area contributed by atoms with Crippen molar-refractivity contribution in [2.75, 3.05) is 25.4 Å². The molecule has 0 unspecified atom stereocenters. The first-order chi connectivity index (χ1) is 9.46. The number of nitrogens with zero attached hydrogens (tertiary/aromatic N) is 3. The zero-order valence-corrected chi connectivity index (χ0v) is 12.9. The maximum atomic E-state index is 12.5. The number of hydrogen-bond donors (Lipinski definition) is 1. The molecular formula is C12H17ClN4O3S. The molecule has 0 saturated carbocycles. The molecular weight excluding hydrogens is 316 g/mol. The monoisotopic (exact) mass is 332 g/mol. The summed E-state index contributed by atoms with van der Waals surface area (Å²) in [7, 11) is -3.48. The molecule has 0 radical (unpaired) electrons. The number of nitrogens with two attached hydrogens (primary N) is 1. The SMILES string of the molecule is Cl.N[C@@H]1CCN(C(=O)C2=CC=CN3CCS(=O)(=O)N=C23)C1. The van der Waals surface area contributed by atoms with Crippen molar-refractivity contribution in [3.05, 3.63) is 23.9 Å². The standard InChI is InChI=1S/C12H16N4O3S.ClH/c13-9-3-5-16(8-9)12(17)10-2-1-4-15-6-7-20(18,19)14-11(10)15;/h1-2,4,9H,3,5-8,13H2;1H/t9-;/m1./s1. The van der Waals surface area contributed by atoms with Crippen LogP contribution in [-0.4, -0.2) is 61.4 Å². The zero-order chi connectivity index (χ0) is 14.3. The minimum atomic E-state index is -3.48. The van der Waals surface area contributed by atoms with Crippen molar-refractivity contribution in [1.82, 2.24) is 9.80 Å². The molecule has 0 aliphatic carbocycles. The molecule has 0 aromatic carbocycles. The number of rotatable bonds is 1. The summed E-state index contributed by atoms with van der Waals surface area (Å²) < 4.78 is 27.0. The molecule has 1 amide bonds. The second kappa shape index (κ2) is 5.78. The maximum Gasteiger partial charge on any atom is 0.257 e. The Morgan fingerprint density at radius 2 is 2.14 bits per heavy atom. The van der Waals surface area contributed by atoms with Gasteiger partial charge in [0.05, 0.1) is 11.3 Å². The Hall–Kier alpha value is -1.38. The van der Waals surface area contributed by atoms with E-state index in [2.05, 4.69) is 4.40 Å². The lowest BCUT2D eigenvalue weighted by molar-refractivity contribution is -0.125. The molecule has 3 heterocycles. The number of halogens is 1. The summed E-state index contributed by atoms with van der Waals surface area (Å²) in [4.78, 5) is 15.8. The highest BCUT2D eigenvalue weighted by atomic mass is 35.5. The summed E-state index contributed by atoms with van der Waals surface area (Å²) in [6, 6.07) is -0.00758. The molecule has 1 atom stereocenters. The number of hydrogen-bond acceptors (Lipinski definition) is 5. The van der Waals surface area contributed by atoms with E-state index in [0.29, 0.717) is 25.2 Å². The Morgan fingerprint density at radius 3 is 2.81 bits per heavy atom. The molecule has 21 heavy (non-hydrogen) atoms. The van der Waals surface area contributed by atoms with Gasteiger partial charge in [-0.1, -0.05) is 0 Å². The predicted molar refractivity (Wildman–Crippen MR) is 81.6 cm³/mol. The lowest BCUT2D eigenvalue weighted by Gasteiger charge is -2.30. The van der Waals surface area contributed by atoms with Crippen molar-refractivity contribution in [2.24, 2.45) is 10.1 Å². The van der Waals surface area contributed by atoms with Crippen LogP contribution in [0.25, 0.3) is 0 Å². The van der Waals surface area contributed by atoms with Gasteiger partial charge in [0.25, 0.3) is 15.9 Å². The molecule has 3 aliphatic rings. The Balaban J connectivity index is 0.00000161. The minimum Gasteiger partial charge on any atom is -0.337 e. The van der Waals surface area contributed by atoms with Crippen molar-refractivity contribution in [2.45, 2.75) is 12.5 Å². The number of amidine groups is 1. The number of amides is 1. The maximum absolute atomic E-state index is 12.5. The molecule has 0 spiro atoms. The topological polar surface area (TPSA) is 96.1 Å². The minimum absolute atomic E-state index is 0. The molecule has 1 fully saturated rings. The van der Waals surface area contributed by atoms with E-state index in [4.69, 9.17) is 5.73 Å². The van der Waals surface area contributed by atoms with Gasteiger partial charge in [0, 0.05) is 31.9 Å². The number of likely N-dealkylation sites (tertiary alicyclic amines) is 1. The van der Waals surface area contributed by atoms with Crippen LogP contribution in [0.1, 0.15) is 6.42 Å². The van der Waals surface area contributed by atoms with E-state index in [1.54, 1.807) is 28.2 Å². The normalized spacial score (nSPS) is 26.6. The Labute approximate surface area is 129 Å². The highest BCUT2D eigenvalue weighted by Crippen LogP contribution is 2.21. The summed E-state index contributed by atoms with van der Waals surface area (Å²) in [5.74, 6) is -0.0101. The molecule has 3 rings (SSSR count). The van der Waals surface area contributed by atoms with Gasteiger partial charge in [-0.25, -0.2) is 8.42 Å². The van der Waals surface area contributed by atoms with Crippen LogP contribution in [-0.2, 0) is 14.8 Å². The Morgan fingerprint density at radius 1 is 1.38 bits per heavy atom. The average Bonchev–Trinajstić information content (AvgIpc) is 2.83. The third-order valence-electron chi connectivity index (χ3n) is 3.60. The lowest BCUT2D eigenvalue weighted by Crippen LogP contribution is -2.43. The summed E-state index contributed by atoms with van der Waals surface area (Å²) in [6.45, 7) is 1.42. The summed E-state index contributed by atoms with van der Waals surface area (Å²) in [5, 5.41) is 0. The highest BCUT2D eigenvalue weighted by Gasteiger charge is 2.33. The lowest BCUT2D eigenvalue weighted by atomic mass is 10.1. The van der Waals surface area contributed by atoms with Crippen molar-refractivity contribution < 1.29 is 13.2 Å². The molecule has 0 aromatic rings. The van der Waals surface area contributed by atoms with Crippen molar-refractivity contribution >= 4 is 34.2 Å². The van der Waals surface area contributed by atoms with Crippen molar-refractivity contribution in [3.63, 3.8) is 0 Å². The van der Waals surface area contributed by atoms with Gasteiger partial charge in [-0.05, 0) is 18.6 Å². The van der Waals surface area contributed by atoms with Gasteiger partial charge < -0.3 is 15.5 Å². The Kier molecular flexibility index (Phi) is 4.40. The second-order valence-corrected chi connectivity index (χ2v) is 6.87. The van der Waals surface area contributed by atoms with Crippen LogP contribution in [0.4, 0.5) is 0 Å². The molecule has 0 aromatic heterocycles. The van der Waals surface area contributed by atoms with Crippen LogP contribution >= 0.6 is 12.4 Å². The van der Waals surface area contributed by atoms with E-state index in [-0.39, 0.29) is 35.9 Å². The third kappa shape index (κ3) is 3.12. The number of carbonyl (C=O) groups excluding carboxylic acids is 1. The first-order valence-corrected chi connectivity index (χ1v) is 8.10. The van der Waals surface area contributed by atoms with Crippen LogP contribution in [0.3, 0.4) is 0 Å². The summed E-state index contributed by atoms with van der Waals surface area (Å²) in [6.07, 6.45) is 5.85. The molecule has 3 aliphatic heterocycles. The van der Waals surface area contributed by atoms with Gasteiger partial charge in [0.1, 0.15) is 0 Å². The Bertz CT molecular complexity index is 641. The third-order valence-corrected chi connectivity index (χ3v) is 4.75. The number of allylic oxidation sites excluding steroid dienone is 2. The number of fused-ring (bicyclic) bond motifs is 1. The van der Waals surface area contributed by atoms with Crippen LogP contribution < -0.4 is 5.73 Å². The van der Waals surface area contributed by atoms with Crippen molar-refractivity contribution in [3.8, 4) is 0 Å². The van der Waals surface area contributed by atoms with E-state index < -0.39 is 10.0 Å². The van der Waals surface area contributed by atoms with Crippen LogP contribution in [0.5, 0.6) is 0 Å². The van der Waals surface area contributed by atoms with Gasteiger partial charge >= 0.3 is 0 Å². The first-order valence-electron chi connectivity index (χ1n) is 6.49. The molecule has 1 saturated heterocycles. The van der Waals surface area contributed by atoms with E-state index in [0.717, 1.165) is 6.42 Å². The summed E-state index contributed by atoms with van der Waals surface area (Å²) >= 11 is 0. The second-order valence-electron chi connectivity index (χ2n) is 5.12. The molecule has 7 nitrogen and oxygen atoms in total. The van der Waals surface area contributed by atoms with Crippen LogP contribution in [0, 0.1) is 0 Å². The number of carbonyl (C=O) groups is 1. The fourth-order valence-electron chi connectivity index (χ4n) is 2.53. The van der Waals surface area contributed by atoms with E-state index in [1.165, 1.54) is 0 Å². The number of sulfonamides is 1. The van der Waals surface area contributed by atoms with Crippen molar-refractivity contribution in [1.29, 1.82) is 0 Å². The smallest absolute Gasteiger partial charge is 0.257 e. The average molecular weight is 333 g/mol. The largest absolute Gasteiger partial charge is 0.337 e. The summed E-state index contributed by atoms with van der Waals surface area (Å²) in [5.41, 5.74) is 6.13. The zero-order valence-electron chi connectivity index (χ0n) is 11.3.